The molecule has 2 aromatic carbocycles. The summed E-state index contributed by atoms with van der Waals surface area (Å²) in [4.78, 5) is 14.6. The minimum atomic E-state index is -0.235. The molecule has 8 heteroatoms. The van der Waals surface area contributed by atoms with Gasteiger partial charge in [-0.1, -0.05) is 53.2 Å². The zero-order valence-electron chi connectivity index (χ0n) is 14.0. The highest BCUT2D eigenvalue weighted by atomic mass is 35.5. The van der Waals surface area contributed by atoms with Gasteiger partial charge in [0, 0.05) is 6.54 Å². The van der Waals surface area contributed by atoms with Gasteiger partial charge in [-0.25, -0.2) is 0 Å². The number of carbonyl (C=O) groups excluding carboxylic acids is 1. The molecule has 1 fully saturated rings. The summed E-state index contributed by atoms with van der Waals surface area (Å²) < 4.78 is 1.66. The summed E-state index contributed by atoms with van der Waals surface area (Å²) in [6, 6.07) is 15.3. The molecule has 1 atom stereocenters. The Bertz CT molecular complexity index is 943. The molecule has 132 valence electrons. The third kappa shape index (κ3) is 3.20. The van der Waals surface area contributed by atoms with E-state index in [0.717, 1.165) is 23.4 Å². The smallest absolute Gasteiger partial charge is 0.240 e. The van der Waals surface area contributed by atoms with Crippen molar-refractivity contribution in [2.75, 3.05) is 11.4 Å². The van der Waals surface area contributed by atoms with Crippen molar-refractivity contribution in [2.24, 2.45) is 0 Å². The fourth-order valence-corrected chi connectivity index (χ4v) is 4.17. The Labute approximate surface area is 160 Å². The van der Waals surface area contributed by atoms with Gasteiger partial charge in [-0.15, -0.1) is 5.10 Å². The molecular weight excluding hydrogens is 370 g/mol. The molecule has 0 aliphatic carbocycles. The van der Waals surface area contributed by atoms with Crippen molar-refractivity contribution in [3.05, 3.63) is 59.1 Å². The van der Waals surface area contributed by atoms with E-state index in [9.17, 15) is 4.79 Å². The molecular formula is C18H16ClN5OS. The van der Waals surface area contributed by atoms with Crippen molar-refractivity contribution < 1.29 is 4.79 Å². The molecule has 3 aromatic rings. The summed E-state index contributed by atoms with van der Waals surface area (Å²) in [7, 11) is 0. The van der Waals surface area contributed by atoms with Gasteiger partial charge in [0.15, 0.2) is 0 Å². The predicted octanol–water partition coefficient (Wildman–Crippen LogP) is 3.52. The van der Waals surface area contributed by atoms with Gasteiger partial charge in [0.1, 0.15) is 0 Å². The number of hydrogen-bond donors (Lipinski definition) is 0. The molecule has 0 bridgehead atoms. The van der Waals surface area contributed by atoms with Crippen LogP contribution in [0.4, 0.5) is 5.69 Å². The fourth-order valence-electron chi connectivity index (χ4n) is 2.90. The monoisotopic (exact) mass is 385 g/mol. The molecule has 4 rings (SSSR count). The zero-order chi connectivity index (χ0) is 18.1. The molecule has 1 aromatic heterocycles. The number of rotatable bonds is 4. The molecule has 0 spiro atoms. The van der Waals surface area contributed by atoms with Gasteiger partial charge in [-0.05, 0) is 48.0 Å². The Balaban J connectivity index is 1.54. The summed E-state index contributed by atoms with van der Waals surface area (Å²) >= 11 is 7.63. The van der Waals surface area contributed by atoms with Crippen molar-refractivity contribution >= 4 is 35.0 Å². The van der Waals surface area contributed by atoms with Gasteiger partial charge in [-0.3, -0.25) is 4.79 Å². The lowest BCUT2D eigenvalue weighted by Gasteiger charge is -2.17. The van der Waals surface area contributed by atoms with Crippen LogP contribution in [0.1, 0.15) is 12.0 Å². The maximum absolute atomic E-state index is 12.8. The molecule has 0 N–H and O–H groups in total. The van der Waals surface area contributed by atoms with Crippen molar-refractivity contribution in [3.8, 4) is 5.69 Å². The maximum Gasteiger partial charge on any atom is 0.240 e. The van der Waals surface area contributed by atoms with Crippen LogP contribution in [0.5, 0.6) is 0 Å². The van der Waals surface area contributed by atoms with Gasteiger partial charge < -0.3 is 4.90 Å². The molecule has 6 nitrogen and oxygen atoms in total. The van der Waals surface area contributed by atoms with Crippen LogP contribution < -0.4 is 4.90 Å². The van der Waals surface area contributed by atoms with E-state index in [1.807, 2.05) is 49.4 Å². The minimum absolute atomic E-state index is 0.0292. The number of aryl methyl sites for hydroxylation is 1. The Kier molecular flexibility index (Phi) is 4.65. The Morgan fingerprint density at radius 1 is 1.15 bits per heavy atom. The Hall–Kier alpha value is -2.38. The first-order valence-electron chi connectivity index (χ1n) is 8.21. The highest BCUT2D eigenvalue weighted by Gasteiger charge is 2.35. The number of hydrogen-bond acceptors (Lipinski definition) is 5. The van der Waals surface area contributed by atoms with Crippen LogP contribution in [0.2, 0.25) is 5.02 Å². The summed E-state index contributed by atoms with van der Waals surface area (Å²) in [6.45, 7) is 2.66. The van der Waals surface area contributed by atoms with Gasteiger partial charge >= 0.3 is 0 Å². The lowest BCUT2D eigenvalue weighted by Crippen LogP contribution is -2.28. The van der Waals surface area contributed by atoms with Crippen LogP contribution in [-0.4, -0.2) is 37.9 Å². The average Bonchev–Trinajstić information content (AvgIpc) is 3.24. The third-order valence-corrected chi connectivity index (χ3v) is 5.77. The maximum atomic E-state index is 12.8. The van der Waals surface area contributed by atoms with Crippen molar-refractivity contribution in [1.82, 2.24) is 20.2 Å². The summed E-state index contributed by atoms with van der Waals surface area (Å²) in [5, 5.41) is 12.9. The number of aromatic nitrogens is 4. The first-order valence-corrected chi connectivity index (χ1v) is 9.47. The van der Waals surface area contributed by atoms with E-state index in [4.69, 9.17) is 11.6 Å². The number of nitrogens with zero attached hydrogens (tertiary/aromatic N) is 5. The van der Waals surface area contributed by atoms with E-state index in [1.165, 1.54) is 11.8 Å². The number of benzene rings is 2. The van der Waals surface area contributed by atoms with E-state index in [0.29, 0.717) is 16.7 Å². The lowest BCUT2D eigenvalue weighted by atomic mass is 10.2. The lowest BCUT2D eigenvalue weighted by molar-refractivity contribution is -0.116. The van der Waals surface area contributed by atoms with E-state index in [-0.39, 0.29) is 11.2 Å². The van der Waals surface area contributed by atoms with Gasteiger partial charge in [0.2, 0.25) is 11.1 Å². The quantitative estimate of drug-likeness (QED) is 0.687. The number of halogens is 1. The second-order valence-electron chi connectivity index (χ2n) is 6.05. The summed E-state index contributed by atoms with van der Waals surface area (Å²) in [5.74, 6) is 0.0292. The standard InChI is InChI=1S/C18H16ClN5OS/c1-12-6-8-13(9-7-12)24-18(20-21-22-24)26-16-10-11-23(17(16)25)15-5-3-2-4-14(15)19/h2-9,16H,10-11H2,1H3. The van der Waals surface area contributed by atoms with Gasteiger partial charge in [0.05, 0.1) is 21.6 Å². The molecule has 1 amide bonds. The normalized spacial score (nSPS) is 17.1. The molecule has 1 saturated heterocycles. The topological polar surface area (TPSA) is 63.9 Å². The van der Waals surface area contributed by atoms with Crippen LogP contribution in [0.15, 0.2) is 53.7 Å². The van der Waals surface area contributed by atoms with E-state index >= 15 is 0 Å². The fraction of sp³-hybridized carbons (Fsp3) is 0.222. The number of para-hydroxylation sites is 1. The second-order valence-corrected chi connectivity index (χ2v) is 7.62. The van der Waals surface area contributed by atoms with Crippen LogP contribution in [0.25, 0.3) is 5.69 Å². The number of tetrazole rings is 1. The Morgan fingerprint density at radius 2 is 1.92 bits per heavy atom. The molecule has 1 aliphatic rings. The van der Waals surface area contributed by atoms with Crippen LogP contribution in [0.3, 0.4) is 0 Å². The summed E-state index contributed by atoms with van der Waals surface area (Å²) in [6.07, 6.45) is 0.718. The molecule has 0 radical (unpaired) electrons. The van der Waals surface area contributed by atoms with Gasteiger partial charge in [0.25, 0.3) is 0 Å². The number of carbonyl (C=O) groups is 1. The number of anilines is 1. The number of thioether (sulfide) groups is 1. The first-order chi connectivity index (χ1) is 12.6. The molecule has 26 heavy (non-hydrogen) atoms. The first kappa shape index (κ1) is 17.1. The van der Waals surface area contributed by atoms with Crippen molar-refractivity contribution in [2.45, 2.75) is 23.8 Å². The highest BCUT2D eigenvalue weighted by Crippen LogP contribution is 2.35. The zero-order valence-corrected chi connectivity index (χ0v) is 15.6. The SMILES string of the molecule is Cc1ccc(-n2nnnc2SC2CCN(c3ccccc3Cl)C2=O)cc1. The van der Waals surface area contributed by atoms with Gasteiger partial charge in [-0.2, -0.15) is 4.68 Å². The van der Waals surface area contributed by atoms with Crippen LogP contribution in [0, 0.1) is 6.92 Å². The van der Waals surface area contributed by atoms with E-state index in [1.54, 1.807) is 15.6 Å². The van der Waals surface area contributed by atoms with E-state index in [2.05, 4.69) is 15.5 Å². The number of amides is 1. The predicted molar refractivity (Wildman–Crippen MR) is 102 cm³/mol. The molecule has 1 aliphatic heterocycles. The van der Waals surface area contributed by atoms with Crippen LogP contribution >= 0.6 is 23.4 Å². The Morgan fingerprint density at radius 3 is 2.69 bits per heavy atom. The minimum Gasteiger partial charge on any atom is -0.310 e. The highest BCUT2D eigenvalue weighted by molar-refractivity contribution is 8.00. The molecule has 2 heterocycles. The second kappa shape index (κ2) is 7.09. The third-order valence-electron chi connectivity index (χ3n) is 4.27. The molecule has 1 unspecified atom stereocenters. The average molecular weight is 386 g/mol. The van der Waals surface area contributed by atoms with Crippen LogP contribution in [-0.2, 0) is 4.79 Å². The van der Waals surface area contributed by atoms with Crippen molar-refractivity contribution in [1.29, 1.82) is 0 Å². The largest absolute Gasteiger partial charge is 0.310 e. The van der Waals surface area contributed by atoms with Crippen molar-refractivity contribution in [3.63, 3.8) is 0 Å². The van der Waals surface area contributed by atoms with E-state index < -0.39 is 0 Å². The molecule has 0 saturated carbocycles. The summed E-state index contributed by atoms with van der Waals surface area (Å²) in [5.41, 5.74) is 2.79.